The van der Waals surface area contributed by atoms with Crippen LogP contribution in [0.1, 0.15) is 25.4 Å². The molecule has 0 bridgehead atoms. The molecule has 3 rings (SSSR count). The summed E-state index contributed by atoms with van der Waals surface area (Å²) in [6, 6.07) is 7.62. The number of thioether (sulfide) groups is 1. The standard InChI is InChI=1S/C14H13N5OS3/c1-8-3-5-10(6-4-8)15-12(20)13-18-17-11(23-13)7-21-14-19-16-9(2)22-14/h3-6H,7H2,1-2H3,(H,15,20). The number of aryl methyl sites for hydroxylation is 2. The van der Waals surface area contributed by atoms with Gasteiger partial charge in [-0.3, -0.25) is 4.79 Å². The van der Waals surface area contributed by atoms with Gasteiger partial charge in [-0.15, -0.1) is 20.4 Å². The third-order valence-electron chi connectivity index (χ3n) is 2.80. The van der Waals surface area contributed by atoms with Crippen LogP contribution in [-0.2, 0) is 5.75 Å². The number of nitrogens with zero attached hydrogens (tertiary/aromatic N) is 4. The van der Waals surface area contributed by atoms with Crippen molar-refractivity contribution in [3.63, 3.8) is 0 Å². The van der Waals surface area contributed by atoms with Crippen LogP contribution >= 0.6 is 34.4 Å². The van der Waals surface area contributed by atoms with E-state index >= 15 is 0 Å². The number of amides is 1. The number of hydrogen-bond donors (Lipinski definition) is 1. The molecule has 0 atom stereocenters. The zero-order valence-corrected chi connectivity index (χ0v) is 14.9. The Kier molecular flexibility index (Phi) is 4.99. The van der Waals surface area contributed by atoms with Crippen molar-refractivity contribution < 1.29 is 4.79 Å². The molecule has 23 heavy (non-hydrogen) atoms. The van der Waals surface area contributed by atoms with Gasteiger partial charge < -0.3 is 5.32 Å². The molecule has 1 amide bonds. The van der Waals surface area contributed by atoms with Gasteiger partial charge in [0.25, 0.3) is 5.91 Å². The summed E-state index contributed by atoms with van der Waals surface area (Å²) in [6.07, 6.45) is 0. The van der Waals surface area contributed by atoms with E-state index in [2.05, 4.69) is 25.7 Å². The zero-order valence-electron chi connectivity index (χ0n) is 12.4. The quantitative estimate of drug-likeness (QED) is 0.698. The van der Waals surface area contributed by atoms with Crippen molar-refractivity contribution in [2.45, 2.75) is 23.9 Å². The van der Waals surface area contributed by atoms with Crippen molar-refractivity contribution in [1.82, 2.24) is 20.4 Å². The first kappa shape index (κ1) is 16.0. The summed E-state index contributed by atoms with van der Waals surface area (Å²) in [4.78, 5) is 12.2. The SMILES string of the molecule is Cc1ccc(NC(=O)c2nnc(CSc3nnc(C)s3)s2)cc1. The van der Waals surface area contributed by atoms with Gasteiger partial charge in [0.2, 0.25) is 5.01 Å². The average Bonchev–Trinajstić information content (AvgIpc) is 3.16. The highest BCUT2D eigenvalue weighted by Crippen LogP contribution is 2.26. The zero-order chi connectivity index (χ0) is 16.2. The summed E-state index contributed by atoms with van der Waals surface area (Å²) >= 11 is 4.38. The molecule has 6 nitrogen and oxygen atoms in total. The first-order chi connectivity index (χ1) is 11.1. The number of carbonyl (C=O) groups excluding carboxylic acids is 1. The molecular formula is C14H13N5OS3. The summed E-state index contributed by atoms with van der Waals surface area (Å²) in [5, 5.41) is 20.9. The van der Waals surface area contributed by atoms with Gasteiger partial charge in [-0.2, -0.15) is 0 Å². The molecule has 0 saturated carbocycles. The normalized spacial score (nSPS) is 10.7. The van der Waals surface area contributed by atoms with Gasteiger partial charge in [-0.1, -0.05) is 52.1 Å². The molecule has 0 aliphatic carbocycles. The fraction of sp³-hybridized carbons (Fsp3) is 0.214. The molecule has 1 N–H and O–H groups in total. The fourth-order valence-corrected chi connectivity index (χ4v) is 4.22. The maximum absolute atomic E-state index is 12.2. The molecule has 0 radical (unpaired) electrons. The minimum atomic E-state index is -0.241. The summed E-state index contributed by atoms with van der Waals surface area (Å²) in [6.45, 7) is 3.92. The van der Waals surface area contributed by atoms with Crippen LogP contribution in [0.25, 0.3) is 0 Å². The number of nitrogens with one attached hydrogen (secondary N) is 1. The molecule has 2 heterocycles. The monoisotopic (exact) mass is 363 g/mol. The Hall–Kier alpha value is -1.84. The van der Waals surface area contributed by atoms with E-state index in [4.69, 9.17) is 0 Å². The van der Waals surface area contributed by atoms with E-state index in [0.29, 0.717) is 10.8 Å². The first-order valence-corrected chi connectivity index (χ1v) is 9.35. The molecule has 0 unspecified atom stereocenters. The smallest absolute Gasteiger partial charge is 0.286 e. The van der Waals surface area contributed by atoms with Gasteiger partial charge in [0.15, 0.2) is 4.34 Å². The summed E-state index contributed by atoms with van der Waals surface area (Å²) < 4.78 is 0.892. The number of aromatic nitrogens is 4. The maximum Gasteiger partial charge on any atom is 0.286 e. The lowest BCUT2D eigenvalue weighted by Gasteiger charge is -2.02. The van der Waals surface area contributed by atoms with Crippen molar-refractivity contribution >= 4 is 46.0 Å². The number of rotatable bonds is 5. The van der Waals surface area contributed by atoms with Crippen molar-refractivity contribution in [3.05, 3.63) is 44.9 Å². The van der Waals surface area contributed by atoms with E-state index in [1.54, 1.807) is 23.1 Å². The Labute approximate surface area is 145 Å². The second-order valence-electron chi connectivity index (χ2n) is 4.70. The molecule has 2 aromatic heterocycles. The van der Waals surface area contributed by atoms with E-state index in [0.717, 1.165) is 25.6 Å². The van der Waals surface area contributed by atoms with Crippen LogP contribution in [0.4, 0.5) is 5.69 Å². The van der Waals surface area contributed by atoms with Crippen LogP contribution < -0.4 is 5.32 Å². The second-order valence-corrected chi connectivity index (χ2v) is 8.16. The van der Waals surface area contributed by atoms with E-state index < -0.39 is 0 Å². The highest BCUT2D eigenvalue weighted by Gasteiger charge is 2.14. The number of anilines is 1. The lowest BCUT2D eigenvalue weighted by molar-refractivity contribution is 0.102. The summed E-state index contributed by atoms with van der Waals surface area (Å²) in [7, 11) is 0. The first-order valence-electron chi connectivity index (χ1n) is 6.73. The molecule has 0 saturated heterocycles. The molecule has 0 aliphatic rings. The Bertz CT molecular complexity index is 812. The van der Waals surface area contributed by atoms with Crippen LogP contribution in [0.5, 0.6) is 0 Å². The Morgan fingerprint density at radius 3 is 2.57 bits per heavy atom. The fourth-order valence-electron chi connectivity index (χ4n) is 1.69. The number of benzene rings is 1. The van der Waals surface area contributed by atoms with E-state index in [9.17, 15) is 4.79 Å². The molecule has 3 aromatic rings. The Morgan fingerprint density at radius 2 is 1.87 bits per heavy atom. The molecule has 0 aliphatic heterocycles. The van der Waals surface area contributed by atoms with Crippen LogP contribution in [0.15, 0.2) is 28.6 Å². The summed E-state index contributed by atoms with van der Waals surface area (Å²) in [5.41, 5.74) is 1.89. The van der Waals surface area contributed by atoms with Gasteiger partial charge in [0.05, 0.1) is 5.75 Å². The second kappa shape index (κ2) is 7.16. The molecular weight excluding hydrogens is 350 g/mol. The Morgan fingerprint density at radius 1 is 1.09 bits per heavy atom. The largest absolute Gasteiger partial charge is 0.320 e. The van der Waals surface area contributed by atoms with E-state index in [1.165, 1.54) is 11.3 Å². The third kappa shape index (κ3) is 4.34. The molecule has 1 aromatic carbocycles. The topological polar surface area (TPSA) is 80.7 Å². The van der Waals surface area contributed by atoms with Crippen LogP contribution in [0.3, 0.4) is 0 Å². The van der Waals surface area contributed by atoms with Crippen molar-refractivity contribution in [2.24, 2.45) is 0 Å². The van der Waals surface area contributed by atoms with Crippen LogP contribution in [0.2, 0.25) is 0 Å². The predicted octanol–water partition coefficient (Wildman–Crippen LogP) is 3.55. The lowest BCUT2D eigenvalue weighted by atomic mass is 10.2. The highest BCUT2D eigenvalue weighted by atomic mass is 32.2. The van der Waals surface area contributed by atoms with Crippen LogP contribution in [0, 0.1) is 13.8 Å². The van der Waals surface area contributed by atoms with E-state index in [-0.39, 0.29) is 5.91 Å². The van der Waals surface area contributed by atoms with Gasteiger partial charge >= 0.3 is 0 Å². The molecule has 0 spiro atoms. The van der Waals surface area contributed by atoms with Gasteiger partial charge in [-0.05, 0) is 26.0 Å². The minimum Gasteiger partial charge on any atom is -0.320 e. The third-order valence-corrected chi connectivity index (χ3v) is 5.89. The minimum absolute atomic E-state index is 0.241. The van der Waals surface area contributed by atoms with Crippen molar-refractivity contribution in [3.8, 4) is 0 Å². The van der Waals surface area contributed by atoms with Crippen LogP contribution in [-0.4, -0.2) is 26.3 Å². The van der Waals surface area contributed by atoms with Crippen molar-refractivity contribution in [2.75, 3.05) is 5.32 Å². The van der Waals surface area contributed by atoms with E-state index in [1.807, 2.05) is 38.1 Å². The van der Waals surface area contributed by atoms with Gasteiger partial charge in [-0.25, -0.2) is 0 Å². The van der Waals surface area contributed by atoms with Gasteiger partial charge in [0.1, 0.15) is 10.0 Å². The molecule has 118 valence electrons. The Balaban J connectivity index is 1.59. The maximum atomic E-state index is 12.2. The number of carbonyl (C=O) groups is 1. The molecule has 9 heteroatoms. The average molecular weight is 363 g/mol. The molecule has 0 fully saturated rings. The summed E-state index contributed by atoms with van der Waals surface area (Å²) in [5.74, 6) is 0.388. The number of hydrogen-bond acceptors (Lipinski definition) is 8. The van der Waals surface area contributed by atoms with Crippen molar-refractivity contribution in [1.29, 1.82) is 0 Å². The lowest BCUT2D eigenvalue weighted by Crippen LogP contribution is -2.11. The van der Waals surface area contributed by atoms with Gasteiger partial charge in [0, 0.05) is 5.69 Å². The highest BCUT2D eigenvalue weighted by molar-refractivity contribution is 8.00. The predicted molar refractivity (Wildman–Crippen MR) is 93.2 cm³/mol.